The first-order chi connectivity index (χ1) is 19.6. The van der Waals surface area contributed by atoms with E-state index in [0.717, 1.165) is 33.9 Å². The van der Waals surface area contributed by atoms with Gasteiger partial charge in [-0.3, -0.25) is 0 Å². The minimum atomic E-state index is 0.455. The molecule has 0 aliphatic carbocycles. The summed E-state index contributed by atoms with van der Waals surface area (Å²) < 4.78 is 21.5. The van der Waals surface area contributed by atoms with Gasteiger partial charge in [0.2, 0.25) is 11.9 Å². The number of nitrogens with zero attached hydrogens (tertiary/aromatic N) is 4. The van der Waals surface area contributed by atoms with E-state index >= 15 is 0 Å². The maximum absolute atomic E-state index is 5.43. The van der Waals surface area contributed by atoms with E-state index in [2.05, 4.69) is 30.6 Å². The molecule has 202 valence electrons. The van der Waals surface area contributed by atoms with Crippen molar-refractivity contribution in [3.8, 4) is 45.5 Å². The lowest BCUT2D eigenvalue weighted by Crippen LogP contribution is -2.01. The van der Waals surface area contributed by atoms with E-state index in [1.165, 1.54) is 0 Å². The first-order valence-corrected chi connectivity index (χ1v) is 12.3. The zero-order chi connectivity index (χ0) is 27.9. The molecule has 0 fully saturated rings. The first kappa shape index (κ1) is 26.2. The van der Waals surface area contributed by atoms with Crippen LogP contribution in [0.5, 0.6) is 23.0 Å². The SMILES string of the molecule is COc1ccc(-c2ccnc(Nc3cccc(Nc4nccc(-c5ccc(OC)c(OC)c5)n4)c3)n2)cc1OC. The van der Waals surface area contributed by atoms with E-state index in [9.17, 15) is 0 Å². The highest BCUT2D eigenvalue weighted by Gasteiger charge is 2.10. The number of methoxy groups -OCH3 is 4. The van der Waals surface area contributed by atoms with Crippen LogP contribution in [0.4, 0.5) is 23.3 Å². The summed E-state index contributed by atoms with van der Waals surface area (Å²) in [5.41, 5.74) is 4.84. The van der Waals surface area contributed by atoms with Crippen molar-refractivity contribution in [2.45, 2.75) is 0 Å². The number of benzene rings is 3. The minimum Gasteiger partial charge on any atom is -0.493 e. The average Bonchev–Trinajstić information content (AvgIpc) is 3.00. The van der Waals surface area contributed by atoms with Crippen molar-refractivity contribution in [1.82, 2.24) is 19.9 Å². The lowest BCUT2D eigenvalue weighted by Gasteiger charge is -2.12. The van der Waals surface area contributed by atoms with Crippen molar-refractivity contribution in [3.63, 3.8) is 0 Å². The highest BCUT2D eigenvalue weighted by Crippen LogP contribution is 2.33. The lowest BCUT2D eigenvalue weighted by atomic mass is 10.1. The van der Waals surface area contributed by atoms with Crippen LogP contribution in [-0.2, 0) is 0 Å². The number of aromatic nitrogens is 4. The van der Waals surface area contributed by atoms with Crippen molar-refractivity contribution >= 4 is 23.3 Å². The summed E-state index contributed by atoms with van der Waals surface area (Å²) in [6, 6.07) is 22.7. The van der Waals surface area contributed by atoms with Gasteiger partial charge in [0.1, 0.15) is 0 Å². The number of anilines is 4. The van der Waals surface area contributed by atoms with Gasteiger partial charge in [0.25, 0.3) is 0 Å². The molecule has 10 heteroatoms. The Morgan fingerprint density at radius 3 is 1.38 bits per heavy atom. The number of rotatable bonds is 10. The van der Waals surface area contributed by atoms with Gasteiger partial charge >= 0.3 is 0 Å². The Balaban J connectivity index is 1.33. The quantitative estimate of drug-likeness (QED) is 0.216. The minimum absolute atomic E-state index is 0.455. The van der Waals surface area contributed by atoms with Crippen LogP contribution in [0.3, 0.4) is 0 Å². The number of hydrogen-bond acceptors (Lipinski definition) is 10. The van der Waals surface area contributed by atoms with E-state index < -0.39 is 0 Å². The molecule has 40 heavy (non-hydrogen) atoms. The van der Waals surface area contributed by atoms with Crippen LogP contribution < -0.4 is 29.6 Å². The summed E-state index contributed by atoms with van der Waals surface area (Å²) in [7, 11) is 6.42. The third-order valence-corrected chi connectivity index (χ3v) is 6.04. The highest BCUT2D eigenvalue weighted by atomic mass is 16.5. The second kappa shape index (κ2) is 12.0. The molecule has 2 aromatic heterocycles. The molecule has 0 radical (unpaired) electrons. The van der Waals surface area contributed by atoms with Crippen LogP contribution in [0.15, 0.2) is 85.2 Å². The van der Waals surface area contributed by atoms with E-state index in [4.69, 9.17) is 18.9 Å². The maximum atomic E-state index is 5.43. The number of hydrogen-bond donors (Lipinski definition) is 2. The summed E-state index contributed by atoms with van der Waals surface area (Å²) in [6.07, 6.45) is 3.41. The Bertz CT molecular complexity index is 1510. The molecular weight excluding hydrogens is 508 g/mol. The highest BCUT2D eigenvalue weighted by molar-refractivity contribution is 5.69. The molecule has 5 rings (SSSR count). The molecule has 0 aliphatic heterocycles. The zero-order valence-electron chi connectivity index (χ0n) is 22.5. The van der Waals surface area contributed by atoms with E-state index in [1.807, 2.05) is 72.8 Å². The molecule has 2 N–H and O–H groups in total. The Labute approximate surface area is 232 Å². The summed E-state index contributed by atoms with van der Waals surface area (Å²) >= 11 is 0. The average molecular weight is 537 g/mol. The smallest absolute Gasteiger partial charge is 0.227 e. The molecule has 3 aromatic carbocycles. The largest absolute Gasteiger partial charge is 0.493 e. The number of ether oxygens (including phenoxy) is 4. The van der Waals surface area contributed by atoms with Gasteiger partial charge in [-0.25, -0.2) is 19.9 Å². The molecule has 5 aromatic rings. The van der Waals surface area contributed by atoms with Gasteiger partial charge in [0.15, 0.2) is 23.0 Å². The Morgan fingerprint density at radius 2 is 0.950 bits per heavy atom. The van der Waals surface area contributed by atoms with Gasteiger partial charge in [-0.15, -0.1) is 0 Å². The predicted octanol–water partition coefficient (Wildman–Crippen LogP) is 6.12. The van der Waals surface area contributed by atoms with Crippen LogP contribution >= 0.6 is 0 Å². The Hall–Kier alpha value is -5.38. The van der Waals surface area contributed by atoms with Crippen molar-refractivity contribution < 1.29 is 18.9 Å². The molecule has 0 amide bonds. The van der Waals surface area contributed by atoms with Gasteiger partial charge in [-0.1, -0.05) is 6.07 Å². The molecule has 0 bridgehead atoms. The second-order valence-electron chi connectivity index (χ2n) is 8.50. The predicted molar refractivity (Wildman–Crippen MR) is 154 cm³/mol. The van der Waals surface area contributed by atoms with Crippen LogP contribution in [0.2, 0.25) is 0 Å². The van der Waals surface area contributed by atoms with Gasteiger partial charge in [0, 0.05) is 34.9 Å². The van der Waals surface area contributed by atoms with Crippen molar-refractivity contribution in [1.29, 1.82) is 0 Å². The Morgan fingerprint density at radius 1 is 0.500 bits per heavy atom. The molecule has 0 saturated heterocycles. The normalized spacial score (nSPS) is 10.5. The van der Waals surface area contributed by atoms with E-state index in [1.54, 1.807) is 40.8 Å². The number of nitrogens with one attached hydrogen (secondary N) is 2. The fourth-order valence-corrected chi connectivity index (χ4v) is 4.08. The molecule has 0 saturated carbocycles. The maximum Gasteiger partial charge on any atom is 0.227 e. The summed E-state index contributed by atoms with van der Waals surface area (Å²) in [5.74, 6) is 3.48. The zero-order valence-corrected chi connectivity index (χ0v) is 22.5. The van der Waals surface area contributed by atoms with Gasteiger partial charge < -0.3 is 29.6 Å². The molecule has 0 aliphatic rings. The van der Waals surface area contributed by atoms with Crippen molar-refractivity contribution in [2.24, 2.45) is 0 Å². The Kier molecular flexibility index (Phi) is 7.87. The molecule has 10 nitrogen and oxygen atoms in total. The summed E-state index contributed by atoms with van der Waals surface area (Å²) in [6.45, 7) is 0. The van der Waals surface area contributed by atoms with Crippen LogP contribution in [-0.4, -0.2) is 48.4 Å². The third kappa shape index (κ3) is 5.86. The van der Waals surface area contributed by atoms with Crippen LogP contribution in [0.1, 0.15) is 0 Å². The topological polar surface area (TPSA) is 113 Å². The summed E-state index contributed by atoms with van der Waals surface area (Å²) in [4.78, 5) is 18.1. The second-order valence-corrected chi connectivity index (χ2v) is 8.50. The fraction of sp³-hybridized carbons (Fsp3) is 0.133. The van der Waals surface area contributed by atoms with Gasteiger partial charge in [-0.2, -0.15) is 0 Å². The monoisotopic (exact) mass is 536 g/mol. The molecule has 0 atom stereocenters. The lowest BCUT2D eigenvalue weighted by molar-refractivity contribution is 0.355. The van der Waals surface area contributed by atoms with Gasteiger partial charge in [0.05, 0.1) is 39.8 Å². The molecule has 0 unspecified atom stereocenters. The molecule has 0 spiro atoms. The summed E-state index contributed by atoms with van der Waals surface area (Å²) in [5, 5.41) is 6.53. The molecule has 2 heterocycles. The van der Waals surface area contributed by atoms with E-state index in [0.29, 0.717) is 34.9 Å². The van der Waals surface area contributed by atoms with Crippen LogP contribution in [0.25, 0.3) is 22.5 Å². The van der Waals surface area contributed by atoms with E-state index in [-0.39, 0.29) is 0 Å². The standard InChI is InChI=1S/C30H28N6O4/c1-37-25-10-8-19(16-27(25)39-3)23-12-14-31-29(35-23)33-21-6-5-7-22(18-21)34-30-32-15-13-24(36-30)20-9-11-26(38-2)28(17-20)40-4/h5-18H,1-4H3,(H,31,33,35)(H,32,34,36). The third-order valence-electron chi connectivity index (χ3n) is 6.04. The fourth-order valence-electron chi connectivity index (χ4n) is 4.08. The van der Waals surface area contributed by atoms with Gasteiger partial charge in [-0.05, 0) is 66.7 Å². The molecular formula is C30H28N6O4. The van der Waals surface area contributed by atoms with Crippen molar-refractivity contribution in [3.05, 3.63) is 85.2 Å². The van der Waals surface area contributed by atoms with Crippen molar-refractivity contribution in [2.75, 3.05) is 39.1 Å². The van der Waals surface area contributed by atoms with Crippen LogP contribution in [0, 0.1) is 0 Å². The first-order valence-electron chi connectivity index (χ1n) is 12.3.